The Morgan fingerprint density at radius 2 is 1.62 bits per heavy atom. The van der Waals surface area contributed by atoms with Crippen LogP contribution in [0.4, 0.5) is 13.2 Å². The fourth-order valence-electron chi connectivity index (χ4n) is 2.21. The number of ketones is 1. The van der Waals surface area contributed by atoms with Crippen LogP contribution in [0, 0.1) is 17.5 Å². The Morgan fingerprint density at radius 3 is 2.24 bits per heavy atom. The van der Waals surface area contributed by atoms with Crippen molar-refractivity contribution in [3.05, 3.63) is 70.0 Å². The van der Waals surface area contributed by atoms with Crippen LogP contribution in [0.25, 0.3) is 0 Å². The van der Waals surface area contributed by atoms with E-state index >= 15 is 0 Å². The third-order valence-electron chi connectivity index (χ3n) is 3.49. The Balaban J connectivity index is 2.57. The van der Waals surface area contributed by atoms with Crippen LogP contribution in [0.1, 0.15) is 40.9 Å². The van der Waals surface area contributed by atoms with E-state index in [4.69, 9.17) is 0 Å². The lowest BCUT2D eigenvalue weighted by Gasteiger charge is -2.10. The van der Waals surface area contributed by atoms with Gasteiger partial charge in [0.05, 0.1) is 5.56 Å². The van der Waals surface area contributed by atoms with E-state index in [1.807, 2.05) is 26.0 Å². The molecular weight excluding hydrogens is 277 g/mol. The van der Waals surface area contributed by atoms with Gasteiger partial charge >= 0.3 is 0 Å². The molecule has 0 atom stereocenters. The van der Waals surface area contributed by atoms with E-state index < -0.39 is 28.8 Å². The van der Waals surface area contributed by atoms with Crippen LogP contribution in [0.2, 0.25) is 0 Å². The molecule has 0 aromatic heterocycles. The Labute approximate surface area is 121 Å². The molecule has 2 aromatic rings. The Kier molecular flexibility index (Phi) is 4.46. The SMILES string of the molecule is CCc1ccc(CC)c(C(=O)c2ccc(F)c(F)c2F)c1. The summed E-state index contributed by atoms with van der Waals surface area (Å²) in [6.45, 7) is 3.81. The van der Waals surface area contributed by atoms with E-state index in [0.717, 1.165) is 29.7 Å². The van der Waals surface area contributed by atoms with E-state index in [1.165, 1.54) is 0 Å². The summed E-state index contributed by atoms with van der Waals surface area (Å²) in [6.07, 6.45) is 1.32. The van der Waals surface area contributed by atoms with Gasteiger partial charge in [-0.25, -0.2) is 13.2 Å². The first-order valence-electron chi connectivity index (χ1n) is 6.79. The van der Waals surface area contributed by atoms with Crippen molar-refractivity contribution in [3.63, 3.8) is 0 Å². The van der Waals surface area contributed by atoms with Crippen molar-refractivity contribution in [2.24, 2.45) is 0 Å². The Bertz CT molecular complexity index is 693. The second-order valence-corrected chi connectivity index (χ2v) is 4.75. The van der Waals surface area contributed by atoms with Crippen molar-refractivity contribution in [2.45, 2.75) is 26.7 Å². The fourth-order valence-corrected chi connectivity index (χ4v) is 2.21. The Morgan fingerprint density at radius 1 is 0.905 bits per heavy atom. The largest absolute Gasteiger partial charge is 0.288 e. The van der Waals surface area contributed by atoms with Crippen molar-refractivity contribution < 1.29 is 18.0 Å². The summed E-state index contributed by atoms with van der Waals surface area (Å²) < 4.78 is 40.0. The Hall–Kier alpha value is -2.10. The first-order valence-corrected chi connectivity index (χ1v) is 6.79. The molecule has 0 aliphatic rings. The quantitative estimate of drug-likeness (QED) is 0.600. The average molecular weight is 292 g/mol. The molecule has 1 nitrogen and oxygen atoms in total. The minimum atomic E-state index is -1.62. The van der Waals surface area contributed by atoms with Crippen LogP contribution in [-0.4, -0.2) is 5.78 Å². The van der Waals surface area contributed by atoms with Crippen LogP contribution in [0.15, 0.2) is 30.3 Å². The van der Waals surface area contributed by atoms with E-state index in [-0.39, 0.29) is 0 Å². The monoisotopic (exact) mass is 292 g/mol. The van der Waals surface area contributed by atoms with Crippen LogP contribution in [0.5, 0.6) is 0 Å². The normalized spacial score (nSPS) is 10.7. The number of carbonyl (C=O) groups excluding carboxylic acids is 1. The summed E-state index contributed by atoms with van der Waals surface area (Å²) in [6, 6.07) is 7.14. The maximum Gasteiger partial charge on any atom is 0.196 e. The average Bonchev–Trinajstić information content (AvgIpc) is 2.51. The molecule has 0 amide bonds. The molecule has 4 heteroatoms. The zero-order valence-electron chi connectivity index (χ0n) is 11.8. The second kappa shape index (κ2) is 6.12. The van der Waals surface area contributed by atoms with Crippen LogP contribution in [-0.2, 0) is 12.8 Å². The molecule has 0 saturated carbocycles. The van der Waals surface area contributed by atoms with E-state index in [0.29, 0.717) is 12.0 Å². The first-order chi connectivity index (χ1) is 9.99. The molecule has 2 aromatic carbocycles. The summed E-state index contributed by atoms with van der Waals surface area (Å²) in [5.74, 6) is -4.99. The molecule has 110 valence electrons. The van der Waals surface area contributed by atoms with Crippen molar-refractivity contribution in [2.75, 3.05) is 0 Å². The molecule has 0 fully saturated rings. The highest BCUT2D eigenvalue weighted by molar-refractivity contribution is 6.10. The van der Waals surface area contributed by atoms with Crippen molar-refractivity contribution in [3.8, 4) is 0 Å². The highest BCUT2D eigenvalue weighted by atomic mass is 19.2. The van der Waals surface area contributed by atoms with Gasteiger partial charge in [-0.05, 0) is 42.2 Å². The van der Waals surface area contributed by atoms with Crippen LogP contribution >= 0.6 is 0 Å². The first kappa shape index (κ1) is 15.3. The third-order valence-corrected chi connectivity index (χ3v) is 3.49. The molecule has 0 N–H and O–H groups in total. The predicted octanol–water partition coefficient (Wildman–Crippen LogP) is 4.46. The summed E-state index contributed by atoms with van der Waals surface area (Å²) in [5, 5.41) is 0. The smallest absolute Gasteiger partial charge is 0.196 e. The van der Waals surface area contributed by atoms with Crippen molar-refractivity contribution >= 4 is 5.78 Å². The number of hydrogen-bond acceptors (Lipinski definition) is 1. The highest BCUT2D eigenvalue weighted by Crippen LogP contribution is 2.22. The molecule has 0 aliphatic carbocycles. The lowest BCUT2D eigenvalue weighted by molar-refractivity contribution is 0.103. The van der Waals surface area contributed by atoms with Gasteiger partial charge in [-0.3, -0.25) is 4.79 Å². The highest BCUT2D eigenvalue weighted by Gasteiger charge is 2.21. The number of rotatable bonds is 4. The number of hydrogen-bond donors (Lipinski definition) is 0. The van der Waals surface area contributed by atoms with E-state index in [2.05, 4.69) is 0 Å². The van der Waals surface area contributed by atoms with Gasteiger partial charge in [0, 0.05) is 5.56 Å². The van der Waals surface area contributed by atoms with Crippen molar-refractivity contribution in [1.29, 1.82) is 0 Å². The molecule has 0 unspecified atom stereocenters. The maximum absolute atomic E-state index is 13.8. The van der Waals surface area contributed by atoms with E-state index in [9.17, 15) is 18.0 Å². The minimum absolute atomic E-state index is 0.335. The molecule has 0 spiro atoms. The summed E-state index contributed by atoms with van der Waals surface area (Å²) in [5.41, 5.74) is 1.57. The standard InChI is InChI=1S/C17H15F3O/c1-3-10-5-6-11(4-2)13(9-10)17(21)12-7-8-14(18)16(20)15(12)19/h5-9H,3-4H2,1-2H3. The molecule has 0 saturated heterocycles. The van der Waals surface area contributed by atoms with E-state index in [1.54, 1.807) is 6.07 Å². The summed E-state index contributed by atoms with van der Waals surface area (Å²) >= 11 is 0. The summed E-state index contributed by atoms with van der Waals surface area (Å²) in [4.78, 5) is 12.4. The molecule has 2 rings (SSSR count). The topological polar surface area (TPSA) is 17.1 Å². The summed E-state index contributed by atoms with van der Waals surface area (Å²) in [7, 11) is 0. The molecule has 21 heavy (non-hydrogen) atoms. The lowest BCUT2D eigenvalue weighted by Crippen LogP contribution is -2.10. The number of halogens is 3. The van der Waals surface area contributed by atoms with Gasteiger partial charge in [0.2, 0.25) is 0 Å². The van der Waals surface area contributed by atoms with Crippen LogP contribution < -0.4 is 0 Å². The maximum atomic E-state index is 13.8. The van der Waals surface area contributed by atoms with Gasteiger partial charge in [-0.1, -0.05) is 26.0 Å². The van der Waals surface area contributed by atoms with Gasteiger partial charge < -0.3 is 0 Å². The number of benzene rings is 2. The van der Waals surface area contributed by atoms with Gasteiger partial charge in [0.15, 0.2) is 23.2 Å². The molecule has 0 radical (unpaired) electrons. The molecule has 0 bridgehead atoms. The zero-order valence-corrected chi connectivity index (χ0v) is 11.8. The van der Waals surface area contributed by atoms with Crippen LogP contribution in [0.3, 0.4) is 0 Å². The zero-order chi connectivity index (χ0) is 15.6. The van der Waals surface area contributed by atoms with Gasteiger partial charge in [0.1, 0.15) is 0 Å². The lowest BCUT2D eigenvalue weighted by atomic mass is 9.94. The van der Waals surface area contributed by atoms with Gasteiger partial charge in [0.25, 0.3) is 0 Å². The molecule has 0 aliphatic heterocycles. The molecular formula is C17H15F3O. The number of carbonyl (C=O) groups is 1. The molecule has 0 heterocycles. The predicted molar refractivity (Wildman–Crippen MR) is 74.9 cm³/mol. The second-order valence-electron chi connectivity index (χ2n) is 4.75. The minimum Gasteiger partial charge on any atom is -0.288 e. The number of aryl methyl sites for hydroxylation is 2. The van der Waals surface area contributed by atoms with Gasteiger partial charge in [-0.2, -0.15) is 0 Å². The van der Waals surface area contributed by atoms with Crippen molar-refractivity contribution in [1.82, 2.24) is 0 Å². The fraction of sp³-hybridized carbons (Fsp3) is 0.235. The third kappa shape index (κ3) is 2.84. The van der Waals surface area contributed by atoms with Gasteiger partial charge in [-0.15, -0.1) is 0 Å².